The summed E-state index contributed by atoms with van der Waals surface area (Å²) in [4.78, 5) is 42.6. The van der Waals surface area contributed by atoms with Crippen molar-refractivity contribution in [3.8, 4) is 22.4 Å². The van der Waals surface area contributed by atoms with Gasteiger partial charge in [-0.1, -0.05) is 37.2 Å². The van der Waals surface area contributed by atoms with Gasteiger partial charge in [0, 0.05) is 59.9 Å². The maximum atomic E-state index is 12.9. The lowest BCUT2D eigenvalue weighted by Crippen LogP contribution is -2.52. The summed E-state index contributed by atoms with van der Waals surface area (Å²) < 4.78 is 0. The summed E-state index contributed by atoms with van der Waals surface area (Å²) in [6.45, 7) is 1.32. The van der Waals surface area contributed by atoms with Gasteiger partial charge >= 0.3 is 0 Å². The smallest absolute Gasteiger partial charge is 0.255 e. The molecule has 5 rings (SSSR count). The Morgan fingerprint density at radius 3 is 2.64 bits per heavy atom. The zero-order valence-electron chi connectivity index (χ0n) is 21.9. The first kappa shape index (κ1) is 26.6. The summed E-state index contributed by atoms with van der Waals surface area (Å²) in [5, 5.41) is 8.88. The molecule has 1 fully saturated rings. The van der Waals surface area contributed by atoms with E-state index in [1.807, 2.05) is 23.7 Å². The molecule has 39 heavy (non-hydrogen) atoms. The van der Waals surface area contributed by atoms with Gasteiger partial charge in [-0.3, -0.25) is 19.7 Å². The van der Waals surface area contributed by atoms with Crippen LogP contribution in [-0.4, -0.2) is 40.2 Å². The minimum absolute atomic E-state index is 0.162. The number of benzene rings is 2. The first-order valence-electron chi connectivity index (χ1n) is 13.6. The lowest BCUT2D eigenvalue weighted by molar-refractivity contribution is -0.136. The van der Waals surface area contributed by atoms with Crippen molar-refractivity contribution in [1.29, 1.82) is 0 Å². The van der Waals surface area contributed by atoms with E-state index in [0.717, 1.165) is 59.6 Å². The van der Waals surface area contributed by atoms with Gasteiger partial charge in [0.05, 0.1) is 0 Å². The number of aromatic nitrogens is 1. The molecule has 0 bridgehead atoms. The van der Waals surface area contributed by atoms with Crippen LogP contribution in [-0.2, 0) is 16.1 Å². The van der Waals surface area contributed by atoms with Gasteiger partial charge in [0.25, 0.3) is 5.91 Å². The molecule has 8 heteroatoms. The summed E-state index contributed by atoms with van der Waals surface area (Å²) in [7, 11) is 0. The fourth-order valence-corrected chi connectivity index (χ4v) is 5.70. The van der Waals surface area contributed by atoms with Crippen molar-refractivity contribution >= 4 is 34.7 Å². The van der Waals surface area contributed by atoms with E-state index in [0.29, 0.717) is 18.5 Å². The minimum Gasteiger partial charge on any atom is -0.385 e. The van der Waals surface area contributed by atoms with Gasteiger partial charge in [-0.25, -0.2) is 4.98 Å². The van der Waals surface area contributed by atoms with Crippen molar-refractivity contribution in [2.75, 3.05) is 11.9 Å². The van der Waals surface area contributed by atoms with Crippen molar-refractivity contribution in [3.63, 3.8) is 0 Å². The lowest BCUT2D eigenvalue weighted by atomic mass is 10.0. The number of carbonyl (C=O) groups excluding carboxylic acids is 3. The maximum Gasteiger partial charge on any atom is 0.255 e. The molecule has 0 saturated carbocycles. The number of carbonyl (C=O) groups is 3. The lowest BCUT2D eigenvalue weighted by Gasteiger charge is -2.29. The third kappa shape index (κ3) is 6.55. The van der Waals surface area contributed by atoms with E-state index >= 15 is 0 Å². The highest BCUT2D eigenvalue weighted by atomic mass is 32.1. The first-order valence-corrected chi connectivity index (χ1v) is 14.5. The molecule has 0 spiro atoms. The Balaban J connectivity index is 1.00. The van der Waals surface area contributed by atoms with Crippen molar-refractivity contribution in [2.24, 2.45) is 0 Å². The molecule has 2 N–H and O–H groups in total. The van der Waals surface area contributed by atoms with Crippen LogP contribution >= 0.6 is 11.3 Å². The molecule has 7 nitrogen and oxygen atoms in total. The van der Waals surface area contributed by atoms with E-state index < -0.39 is 11.9 Å². The van der Waals surface area contributed by atoms with Crippen LogP contribution in [0.15, 0.2) is 54.0 Å². The normalized spacial score (nSPS) is 16.5. The van der Waals surface area contributed by atoms with Crippen LogP contribution in [0.1, 0.15) is 72.9 Å². The molecular weight excluding hydrogens is 508 g/mol. The van der Waals surface area contributed by atoms with E-state index in [1.54, 1.807) is 22.3 Å². The Labute approximate surface area is 233 Å². The Bertz CT molecular complexity index is 1390. The van der Waals surface area contributed by atoms with Gasteiger partial charge in [-0.15, -0.1) is 11.3 Å². The molecule has 3 amide bonds. The SMILES string of the molecule is O=C1CCC(N2Cc3c(C#CCCCCCCCNc4ccc(-c5nccs5)cc4)cccc3C2=O)C(=O)N1. The van der Waals surface area contributed by atoms with Gasteiger partial charge in [-0.05, 0) is 61.2 Å². The summed E-state index contributed by atoms with van der Waals surface area (Å²) in [5.74, 6) is 5.69. The van der Waals surface area contributed by atoms with E-state index in [1.165, 1.54) is 12.8 Å². The third-order valence-corrected chi connectivity index (χ3v) is 8.00. The van der Waals surface area contributed by atoms with E-state index in [-0.39, 0.29) is 18.2 Å². The van der Waals surface area contributed by atoms with Gasteiger partial charge in [0.2, 0.25) is 11.8 Å². The highest BCUT2D eigenvalue weighted by Gasteiger charge is 2.39. The second-order valence-corrected chi connectivity index (χ2v) is 10.8. The predicted molar refractivity (Wildman–Crippen MR) is 153 cm³/mol. The number of hydrogen-bond acceptors (Lipinski definition) is 6. The minimum atomic E-state index is -0.604. The monoisotopic (exact) mass is 540 g/mol. The van der Waals surface area contributed by atoms with Crippen molar-refractivity contribution in [3.05, 3.63) is 70.7 Å². The molecule has 2 aromatic carbocycles. The van der Waals surface area contributed by atoms with Crippen LogP contribution in [0.3, 0.4) is 0 Å². The molecule has 1 saturated heterocycles. The largest absolute Gasteiger partial charge is 0.385 e. The average molecular weight is 541 g/mol. The molecule has 2 aliphatic rings. The zero-order valence-corrected chi connectivity index (χ0v) is 22.7. The molecule has 3 aromatic rings. The van der Waals surface area contributed by atoms with Crippen LogP contribution in [0, 0.1) is 11.8 Å². The molecule has 2 aliphatic heterocycles. The van der Waals surface area contributed by atoms with Crippen LogP contribution in [0.5, 0.6) is 0 Å². The van der Waals surface area contributed by atoms with E-state index in [9.17, 15) is 14.4 Å². The Morgan fingerprint density at radius 1 is 1.03 bits per heavy atom. The number of rotatable bonds is 10. The van der Waals surface area contributed by atoms with Crippen molar-refractivity contribution in [1.82, 2.24) is 15.2 Å². The molecule has 200 valence electrons. The number of thiazole rings is 1. The standard InChI is InChI=1S/C31H32N4O3S/c36-28-17-16-27(29(37)34-28)35-21-26-22(10-8-11-25(26)31(35)38)9-6-4-2-1-3-5-7-18-32-24-14-12-23(13-15-24)30-33-19-20-39-30/h8,10-15,19-20,27,32H,1-5,7,16-18,21H2,(H,34,36,37). The van der Waals surface area contributed by atoms with Gasteiger partial charge in [0.1, 0.15) is 11.0 Å². The van der Waals surface area contributed by atoms with Crippen LogP contribution < -0.4 is 10.6 Å². The zero-order chi connectivity index (χ0) is 27.0. The van der Waals surface area contributed by atoms with Crippen LogP contribution in [0.25, 0.3) is 10.6 Å². The van der Waals surface area contributed by atoms with Gasteiger partial charge in [0.15, 0.2) is 0 Å². The average Bonchev–Trinajstić information content (AvgIpc) is 3.59. The van der Waals surface area contributed by atoms with Gasteiger partial charge in [-0.2, -0.15) is 0 Å². The Morgan fingerprint density at radius 2 is 1.85 bits per heavy atom. The number of unbranched alkanes of at least 4 members (excludes halogenated alkanes) is 5. The number of hydrogen-bond donors (Lipinski definition) is 2. The van der Waals surface area contributed by atoms with E-state index in [4.69, 9.17) is 0 Å². The number of nitrogens with one attached hydrogen (secondary N) is 2. The number of piperidine rings is 1. The summed E-state index contributed by atoms with van der Waals surface area (Å²) in [5.41, 5.74) is 4.62. The van der Waals surface area contributed by atoms with Crippen LogP contribution in [0.4, 0.5) is 5.69 Å². The highest BCUT2D eigenvalue weighted by Crippen LogP contribution is 2.29. The highest BCUT2D eigenvalue weighted by molar-refractivity contribution is 7.13. The molecule has 1 atom stereocenters. The maximum absolute atomic E-state index is 12.9. The summed E-state index contributed by atoms with van der Waals surface area (Å²) >= 11 is 1.65. The second-order valence-electron chi connectivity index (χ2n) is 9.89. The number of imide groups is 1. The summed E-state index contributed by atoms with van der Waals surface area (Å²) in [6, 6.07) is 13.4. The van der Waals surface area contributed by atoms with Gasteiger partial charge < -0.3 is 10.2 Å². The fraction of sp³-hybridized carbons (Fsp3) is 0.355. The second kappa shape index (κ2) is 12.7. The summed E-state index contributed by atoms with van der Waals surface area (Å²) in [6.07, 6.45) is 8.96. The number of fused-ring (bicyclic) bond motifs is 1. The molecule has 3 heterocycles. The third-order valence-electron chi connectivity index (χ3n) is 7.18. The number of nitrogens with zero attached hydrogens (tertiary/aromatic N) is 2. The Hall–Kier alpha value is -3.96. The molecular formula is C31H32N4O3S. The molecule has 1 unspecified atom stereocenters. The van der Waals surface area contributed by atoms with Crippen LogP contribution in [0.2, 0.25) is 0 Å². The van der Waals surface area contributed by atoms with Crippen molar-refractivity contribution in [2.45, 2.75) is 64.0 Å². The molecule has 1 aromatic heterocycles. The number of amides is 3. The predicted octanol–water partition coefficient (Wildman–Crippen LogP) is 5.38. The number of anilines is 1. The van der Waals surface area contributed by atoms with E-state index in [2.05, 4.69) is 51.7 Å². The van der Waals surface area contributed by atoms with Crippen molar-refractivity contribution < 1.29 is 14.4 Å². The Kier molecular flexibility index (Phi) is 8.69. The quantitative estimate of drug-likeness (QED) is 0.205. The topological polar surface area (TPSA) is 91.4 Å². The fourth-order valence-electron chi connectivity index (χ4n) is 5.06. The molecule has 0 aliphatic carbocycles. The molecule has 0 radical (unpaired) electrons. The first-order chi connectivity index (χ1) is 19.1.